The average molecular weight is 194 g/mol. The van der Waals surface area contributed by atoms with E-state index < -0.39 is 0 Å². The molecule has 1 saturated heterocycles. The van der Waals surface area contributed by atoms with Crippen LogP contribution in [0.4, 0.5) is 0 Å². The van der Waals surface area contributed by atoms with Crippen molar-refractivity contribution in [3.63, 3.8) is 0 Å². The van der Waals surface area contributed by atoms with Gasteiger partial charge in [-0.3, -0.25) is 9.79 Å². The molecule has 2 unspecified atom stereocenters. The van der Waals surface area contributed by atoms with Gasteiger partial charge in [-0.15, -0.1) is 0 Å². The van der Waals surface area contributed by atoms with Crippen molar-refractivity contribution in [1.29, 1.82) is 0 Å². The molecule has 3 nitrogen and oxygen atoms in total. The second kappa shape index (κ2) is 4.94. The molecule has 0 aromatic rings. The number of carbonyl (C=O) groups excluding carboxylic acids is 1. The maximum atomic E-state index is 11.0. The van der Waals surface area contributed by atoms with Crippen molar-refractivity contribution in [3.05, 3.63) is 12.2 Å². The summed E-state index contributed by atoms with van der Waals surface area (Å²) in [6.07, 6.45) is 5.76. The molecule has 2 aliphatic heterocycles. The number of carbonyl (C=O) groups is 1. The van der Waals surface area contributed by atoms with Gasteiger partial charge in [0.1, 0.15) is 6.17 Å². The number of nitrogens with one attached hydrogen (secondary N) is 1. The molecule has 14 heavy (non-hydrogen) atoms. The monoisotopic (exact) mass is 194 g/mol. The molecule has 0 spiro atoms. The molecule has 2 atom stereocenters. The van der Waals surface area contributed by atoms with Crippen LogP contribution in [-0.2, 0) is 4.79 Å². The lowest BCUT2D eigenvalue weighted by atomic mass is 9.93. The van der Waals surface area contributed by atoms with Crippen LogP contribution >= 0.6 is 0 Å². The van der Waals surface area contributed by atoms with Crippen LogP contribution in [0.3, 0.4) is 0 Å². The minimum Gasteiger partial charge on any atom is -0.334 e. The molecule has 1 fully saturated rings. The zero-order valence-corrected chi connectivity index (χ0v) is 9.08. The van der Waals surface area contributed by atoms with Crippen LogP contribution in [0.2, 0.25) is 0 Å². The molecule has 0 saturated carbocycles. The lowest BCUT2D eigenvalue weighted by molar-refractivity contribution is -0.123. The predicted octanol–water partition coefficient (Wildman–Crippen LogP) is 1.90. The van der Waals surface area contributed by atoms with Gasteiger partial charge in [0.15, 0.2) is 0 Å². The van der Waals surface area contributed by atoms with Gasteiger partial charge in [-0.25, -0.2) is 0 Å². The van der Waals surface area contributed by atoms with Crippen LogP contribution in [0, 0.1) is 5.92 Å². The van der Waals surface area contributed by atoms with Crippen molar-refractivity contribution in [2.75, 3.05) is 0 Å². The number of aliphatic imine (C=N–C) groups is 1. The fourth-order valence-corrected chi connectivity index (χ4v) is 1.65. The summed E-state index contributed by atoms with van der Waals surface area (Å²) in [5.41, 5.74) is 0.999. The van der Waals surface area contributed by atoms with Gasteiger partial charge < -0.3 is 5.32 Å². The molecule has 1 amide bonds. The number of hydrogen-bond donors (Lipinski definition) is 1. The third kappa shape index (κ3) is 2.44. The summed E-state index contributed by atoms with van der Waals surface area (Å²) in [4.78, 5) is 15.4. The third-order valence-corrected chi connectivity index (χ3v) is 2.35. The first-order valence-corrected chi connectivity index (χ1v) is 5.28. The molecule has 78 valence electrons. The van der Waals surface area contributed by atoms with E-state index in [1.54, 1.807) is 0 Å². The van der Waals surface area contributed by atoms with Crippen molar-refractivity contribution in [2.45, 2.75) is 39.8 Å². The van der Waals surface area contributed by atoms with Crippen LogP contribution in [0.1, 0.15) is 33.6 Å². The van der Waals surface area contributed by atoms with Crippen molar-refractivity contribution in [1.82, 2.24) is 5.32 Å². The van der Waals surface area contributed by atoms with Crippen molar-refractivity contribution in [3.8, 4) is 0 Å². The highest BCUT2D eigenvalue weighted by atomic mass is 16.1. The van der Waals surface area contributed by atoms with Crippen LogP contribution in [0.15, 0.2) is 17.1 Å². The number of nitrogens with zero attached hydrogens (tertiary/aromatic N) is 1. The van der Waals surface area contributed by atoms with Gasteiger partial charge in [-0.2, -0.15) is 0 Å². The Balaban J connectivity index is 0.000000461. The second-order valence-corrected chi connectivity index (χ2v) is 3.34. The summed E-state index contributed by atoms with van der Waals surface area (Å²) in [6.45, 7) is 5.95. The van der Waals surface area contributed by atoms with E-state index in [2.05, 4.69) is 16.4 Å². The van der Waals surface area contributed by atoms with Gasteiger partial charge in [0.05, 0.1) is 0 Å². The second-order valence-electron chi connectivity index (χ2n) is 3.34. The Morgan fingerprint density at radius 2 is 2.21 bits per heavy atom. The SMILES string of the molecule is CC.CC1=NC2NC(=O)CCC2C=C1. The number of rotatable bonds is 0. The molecule has 0 aliphatic carbocycles. The fraction of sp³-hybridized carbons (Fsp3) is 0.636. The van der Waals surface area contributed by atoms with Gasteiger partial charge in [-0.1, -0.05) is 19.9 Å². The fourth-order valence-electron chi connectivity index (χ4n) is 1.65. The van der Waals surface area contributed by atoms with E-state index in [9.17, 15) is 4.79 Å². The molecule has 3 heteroatoms. The standard InChI is InChI=1S/C9H12N2O.C2H6/c1-6-2-3-7-4-5-8(12)11-9(7)10-6;1-2/h2-3,7,9H,4-5H2,1H3,(H,11,12);1-2H3. The molecule has 0 aromatic carbocycles. The van der Waals surface area contributed by atoms with Crippen LogP contribution in [0.5, 0.6) is 0 Å². The van der Waals surface area contributed by atoms with E-state index in [-0.39, 0.29) is 12.1 Å². The molecule has 1 N–H and O–H groups in total. The Bertz CT molecular complexity index is 268. The molecule has 2 rings (SSSR count). The number of hydrogen-bond acceptors (Lipinski definition) is 2. The normalized spacial score (nSPS) is 29.4. The lowest BCUT2D eigenvalue weighted by Gasteiger charge is -2.29. The number of dihydropyridines is 1. The minimum atomic E-state index is 0.0104. The van der Waals surface area contributed by atoms with Crippen molar-refractivity contribution >= 4 is 11.6 Å². The van der Waals surface area contributed by atoms with Gasteiger partial charge in [0, 0.05) is 18.1 Å². The number of allylic oxidation sites excluding steroid dienone is 1. The third-order valence-electron chi connectivity index (χ3n) is 2.35. The first-order chi connectivity index (χ1) is 6.75. The maximum Gasteiger partial charge on any atom is 0.221 e. The van der Waals surface area contributed by atoms with E-state index in [0.29, 0.717) is 12.3 Å². The average Bonchev–Trinajstić information content (AvgIpc) is 2.20. The summed E-state index contributed by atoms with van der Waals surface area (Å²) in [6, 6.07) is 0. The highest BCUT2D eigenvalue weighted by Gasteiger charge is 2.27. The molecular formula is C11H18N2O. The van der Waals surface area contributed by atoms with E-state index in [4.69, 9.17) is 0 Å². The zero-order chi connectivity index (χ0) is 10.6. The molecule has 2 heterocycles. The van der Waals surface area contributed by atoms with Crippen molar-refractivity contribution in [2.24, 2.45) is 10.9 Å². The summed E-state index contributed by atoms with van der Waals surface area (Å²) >= 11 is 0. The first kappa shape index (κ1) is 11.0. The molecular weight excluding hydrogens is 176 g/mol. The number of amides is 1. The summed E-state index contributed by atoms with van der Waals surface area (Å²) in [7, 11) is 0. The topological polar surface area (TPSA) is 41.5 Å². The van der Waals surface area contributed by atoms with Gasteiger partial charge in [0.25, 0.3) is 0 Å². The number of piperidine rings is 1. The minimum absolute atomic E-state index is 0.0104. The van der Waals surface area contributed by atoms with E-state index in [1.807, 2.05) is 26.8 Å². The van der Waals surface area contributed by atoms with Crippen molar-refractivity contribution < 1.29 is 4.79 Å². The molecule has 0 bridgehead atoms. The quantitative estimate of drug-likeness (QED) is 0.628. The molecule has 2 aliphatic rings. The Labute approximate surface area is 85.3 Å². The van der Waals surface area contributed by atoms with E-state index in [0.717, 1.165) is 12.1 Å². The maximum absolute atomic E-state index is 11.0. The van der Waals surface area contributed by atoms with Gasteiger partial charge in [0.2, 0.25) is 5.91 Å². The molecule has 0 aromatic heterocycles. The summed E-state index contributed by atoms with van der Waals surface area (Å²) in [5.74, 6) is 0.550. The highest BCUT2D eigenvalue weighted by molar-refractivity contribution is 5.94. The first-order valence-electron chi connectivity index (χ1n) is 5.28. The zero-order valence-electron chi connectivity index (χ0n) is 9.08. The Morgan fingerprint density at radius 3 is 2.93 bits per heavy atom. The lowest BCUT2D eigenvalue weighted by Crippen LogP contribution is -2.44. The van der Waals surface area contributed by atoms with E-state index >= 15 is 0 Å². The Kier molecular flexibility index (Phi) is 3.86. The highest BCUT2D eigenvalue weighted by Crippen LogP contribution is 2.22. The predicted molar refractivity (Wildman–Crippen MR) is 58.3 cm³/mol. The largest absolute Gasteiger partial charge is 0.334 e. The van der Waals surface area contributed by atoms with E-state index in [1.165, 1.54) is 0 Å². The van der Waals surface area contributed by atoms with Crippen LogP contribution in [0.25, 0.3) is 0 Å². The summed E-state index contributed by atoms with van der Waals surface area (Å²) in [5, 5.41) is 2.87. The van der Waals surface area contributed by atoms with Gasteiger partial charge >= 0.3 is 0 Å². The van der Waals surface area contributed by atoms with Gasteiger partial charge in [-0.05, 0) is 19.4 Å². The Morgan fingerprint density at radius 1 is 1.50 bits per heavy atom. The van der Waals surface area contributed by atoms with Crippen LogP contribution < -0.4 is 5.32 Å². The summed E-state index contributed by atoms with van der Waals surface area (Å²) < 4.78 is 0. The number of fused-ring (bicyclic) bond motifs is 1. The Hall–Kier alpha value is -1.12. The molecule has 0 radical (unpaired) electrons. The van der Waals surface area contributed by atoms with Crippen LogP contribution in [-0.4, -0.2) is 17.8 Å². The smallest absolute Gasteiger partial charge is 0.221 e.